The van der Waals surface area contributed by atoms with Gasteiger partial charge in [0.15, 0.2) is 8.68 Å². The zero-order valence-corrected chi connectivity index (χ0v) is 16.3. The van der Waals surface area contributed by atoms with Crippen LogP contribution in [0.1, 0.15) is 23.3 Å². The van der Waals surface area contributed by atoms with E-state index in [-0.39, 0.29) is 11.1 Å². The molecule has 130 valence electrons. The second kappa shape index (κ2) is 8.69. The summed E-state index contributed by atoms with van der Waals surface area (Å²) in [4.78, 5) is 0. The van der Waals surface area contributed by atoms with Gasteiger partial charge in [-0.25, -0.2) is 4.39 Å². The van der Waals surface area contributed by atoms with E-state index < -0.39 is 0 Å². The zero-order chi connectivity index (χ0) is 17.6. The van der Waals surface area contributed by atoms with Crippen molar-refractivity contribution in [3.05, 3.63) is 65.5 Å². The molecular formula is C18H17FN2OS3. The van der Waals surface area contributed by atoms with Gasteiger partial charge in [-0.1, -0.05) is 59.1 Å². The van der Waals surface area contributed by atoms with E-state index in [0.29, 0.717) is 0 Å². The Balaban J connectivity index is 1.55. The molecule has 1 heterocycles. The molecule has 0 saturated carbocycles. The minimum Gasteiger partial charge on any atom is -0.497 e. The molecule has 0 radical (unpaired) electrons. The highest BCUT2D eigenvalue weighted by molar-refractivity contribution is 8.03. The third-order valence-electron chi connectivity index (χ3n) is 3.53. The van der Waals surface area contributed by atoms with Gasteiger partial charge in [-0.2, -0.15) is 0 Å². The summed E-state index contributed by atoms with van der Waals surface area (Å²) in [5.41, 5.74) is 2.30. The number of hydrogen-bond acceptors (Lipinski definition) is 6. The Bertz CT molecular complexity index is 806. The lowest BCUT2D eigenvalue weighted by atomic mass is 10.2. The first-order chi connectivity index (χ1) is 12.1. The predicted molar refractivity (Wildman–Crippen MR) is 103 cm³/mol. The van der Waals surface area contributed by atoms with E-state index in [2.05, 4.69) is 29.3 Å². The second-order valence-electron chi connectivity index (χ2n) is 5.28. The number of benzene rings is 2. The van der Waals surface area contributed by atoms with Crippen molar-refractivity contribution in [3.8, 4) is 5.75 Å². The van der Waals surface area contributed by atoms with Gasteiger partial charge < -0.3 is 4.74 Å². The van der Waals surface area contributed by atoms with E-state index in [1.54, 1.807) is 42.0 Å². The Kier molecular flexibility index (Phi) is 6.34. The van der Waals surface area contributed by atoms with Gasteiger partial charge in [0, 0.05) is 11.0 Å². The molecule has 0 bridgehead atoms. The first-order valence-electron chi connectivity index (χ1n) is 7.65. The van der Waals surface area contributed by atoms with Crippen molar-refractivity contribution >= 4 is 34.9 Å². The zero-order valence-electron chi connectivity index (χ0n) is 13.8. The number of rotatable bonds is 7. The van der Waals surface area contributed by atoms with E-state index in [4.69, 9.17) is 4.74 Å². The summed E-state index contributed by atoms with van der Waals surface area (Å²) in [6, 6.07) is 14.6. The summed E-state index contributed by atoms with van der Waals surface area (Å²) in [6.45, 7) is 2.09. The summed E-state index contributed by atoms with van der Waals surface area (Å²) in [7, 11) is 1.66. The van der Waals surface area contributed by atoms with Gasteiger partial charge >= 0.3 is 0 Å². The van der Waals surface area contributed by atoms with Crippen molar-refractivity contribution in [2.75, 3.05) is 7.11 Å². The third-order valence-corrected chi connectivity index (χ3v) is 6.90. The SMILES string of the molecule is COc1ccc(CSc2nnc(S[C@H](C)c3ccc(F)cc3)s2)cc1. The number of aromatic nitrogens is 2. The highest BCUT2D eigenvalue weighted by atomic mass is 32.2. The molecule has 0 aliphatic carbocycles. The first-order valence-corrected chi connectivity index (χ1v) is 10.3. The molecule has 3 aromatic rings. The van der Waals surface area contributed by atoms with Gasteiger partial charge in [0.05, 0.1) is 7.11 Å². The minimum absolute atomic E-state index is 0.202. The normalized spacial score (nSPS) is 12.1. The Morgan fingerprint density at radius 3 is 2.40 bits per heavy atom. The summed E-state index contributed by atoms with van der Waals surface area (Å²) < 4.78 is 20.0. The molecular weight excluding hydrogens is 375 g/mol. The fourth-order valence-corrected chi connectivity index (χ4v) is 5.37. The largest absolute Gasteiger partial charge is 0.497 e. The number of ether oxygens (including phenoxy) is 1. The quantitative estimate of drug-likeness (QED) is 0.473. The Morgan fingerprint density at radius 2 is 1.72 bits per heavy atom. The van der Waals surface area contributed by atoms with Gasteiger partial charge in [0.1, 0.15) is 11.6 Å². The second-order valence-corrected chi connectivity index (χ2v) is 9.07. The molecule has 3 nitrogen and oxygen atoms in total. The number of nitrogens with zero attached hydrogens (tertiary/aromatic N) is 2. The molecule has 1 aromatic heterocycles. The Morgan fingerprint density at radius 1 is 1.04 bits per heavy atom. The van der Waals surface area contributed by atoms with Gasteiger partial charge in [-0.15, -0.1) is 10.2 Å². The molecule has 1 atom stereocenters. The number of thioether (sulfide) groups is 2. The monoisotopic (exact) mass is 392 g/mol. The highest BCUT2D eigenvalue weighted by Gasteiger charge is 2.12. The Labute approximate surface area is 159 Å². The fourth-order valence-electron chi connectivity index (χ4n) is 2.12. The van der Waals surface area contributed by atoms with Crippen LogP contribution in [-0.4, -0.2) is 17.3 Å². The average molecular weight is 393 g/mol. The van der Waals surface area contributed by atoms with Gasteiger partial charge in [0.2, 0.25) is 0 Å². The van der Waals surface area contributed by atoms with Crippen LogP contribution in [0, 0.1) is 5.82 Å². The molecule has 2 aromatic carbocycles. The van der Waals surface area contributed by atoms with Crippen molar-refractivity contribution in [1.82, 2.24) is 10.2 Å². The highest BCUT2D eigenvalue weighted by Crippen LogP contribution is 2.38. The minimum atomic E-state index is -0.214. The van der Waals surface area contributed by atoms with Gasteiger partial charge in [-0.05, 0) is 42.3 Å². The van der Waals surface area contributed by atoms with Crippen LogP contribution in [0.3, 0.4) is 0 Å². The predicted octanol–water partition coefficient (Wildman–Crippen LogP) is 5.83. The smallest absolute Gasteiger partial charge is 0.175 e. The van der Waals surface area contributed by atoms with Gasteiger partial charge in [0.25, 0.3) is 0 Å². The molecule has 0 N–H and O–H groups in total. The maximum atomic E-state index is 13.0. The summed E-state index contributed by atoms with van der Waals surface area (Å²) in [5, 5.41) is 8.71. The molecule has 25 heavy (non-hydrogen) atoms. The van der Waals surface area contributed by atoms with Crippen molar-refractivity contribution in [2.24, 2.45) is 0 Å². The lowest BCUT2D eigenvalue weighted by Crippen LogP contribution is -1.88. The van der Waals surface area contributed by atoms with Crippen molar-refractivity contribution < 1.29 is 9.13 Å². The van der Waals surface area contributed by atoms with Crippen LogP contribution in [0.2, 0.25) is 0 Å². The number of halogens is 1. The molecule has 0 unspecified atom stereocenters. The van der Waals surface area contributed by atoms with Crippen LogP contribution in [0.4, 0.5) is 4.39 Å². The van der Waals surface area contributed by atoms with Crippen LogP contribution in [-0.2, 0) is 5.75 Å². The lowest BCUT2D eigenvalue weighted by Gasteiger charge is -2.08. The third kappa shape index (κ3) is 5.20. The molecule has 0 aliphatic rings. The average Bonchev–Trinajstić information content (AvgIpc) is 3.08. The topological polar surface area (TPSA) is 35.0 Å². The molecule has 3 rings (SSSR count). The summed E-state index contributed by atoms with van der Waals surface area (Å²) >= 11 is 4.91. The molecule has 7 heteroatoms. The fraction of sp³-hybridized carbons (Fsp3) is 0.222. The van der Waals surface area contributed by atoms with E-state index >= 15 is 0 Å². The maximum Gasteiger partial charge on any atom is 0.175 e. The van der Waals surface area contributed by atoms with Crippen molar-refractivity contribution in [1.29, 1.82) is 0 Å². The molecule has 0 saturated heterocycles. The van der Waals surface area contributed by atoms with E-state index in [1.807, 2.05) is 24.3 Å². The van der Waals surface area contributed by atoms with Crippen molar-refractivity contribution in [2.45, 2.75) is 26.6 Å². The maximum absolute atomic E-state index is 13.0. The van der Waals surface area contributed by atoms with E-state index in [1.165, 1.54) is 17.7 Å². The molecule has 0 spiro atoms. The summed E-state index contributed by atoms with van der Waals surface area (Å²) in [6.07, 6.45) is 0. The molecule has 0 amide bonds. The van der Waals surface area contributed by atoms with Crippen LogP contribution >= 0.6 is 34.9 Å². The summed E-state index contributed by atoms with van der Waals surface area (Å²) in [5.74, 6) is 1.49. The lowest BCUT2D eigenvalue weighted by molar-refractivity contribution is 0.414. The van der Waals surface area contributed by atoms with Crippen LogP contribution < -0.4 is 4.74 Å². The van der Waals surface area contributed by atoms with Crippen molar-refractivity contribution in [3.63, 3.8) is 0 Å². The standard InChI is InChI=1S/C18H17FN2OS3/c1-12(14-5-7-15(19)8-6-14)24-18-21-20-17(25-18)23-11-13-3-9-16(22-2)10-4-13/h3-10,12H,11H2,1-2H3/t12-/m1/s1. The number of hydrogen-bond donors (Lipinski definition) is 0. The van der Waals surface area contributed by atoms with Crippen LogP contribution in [0.25, 0.3) is 0 Å². The Hall–Kier alpha value is -1.57. The van der Waals surface area contributed by atoms with Crippen LogP contribution in [0.5, 0.6) is 5.75 Å². The molecule has 0 aliphatic heterocycles. The van der Waals surface area contributed by atoms with E-state index in [0.717, 1.165) is 25.7 Å². The first kappa shape index (κ1) is 18.2. The van der Waals surface area contributed by atoms with Crippen LogP contribution in [0.15, 0.2) is 57.2 Å². The molecule has 0 fully saturated rings. The number of methoxy groups -OCH3 is 1. The van der Waals surface area contributed by atoms with Gasteiger partial charge in [-0.3, -0.25) is 0 Å². The van der Waals surface area contributed by atoms with E-state index in [9.17, 15) is 4.39 Å².